The minimum Gasteiger partial charge on any atom is -0.371 e. The molecule has 3 rings (SSSR count). The van der Waals surface area contributed by atoms with Crippen LogP contribution in [0.4, 0.5) is 13.2 Å². The first-order valence-electron chi connectivity index (χ1n) is 7.46. The van der Waals surface area contributed by atoms with Gasteiger partial charge in [-0.3, -0.25) is 9.78 Å². The van der Waals surface area contributed by atoms with Gasteiger partial charge in [0.1, 0.15) is 11.9 Å². The van der Waals surface area contributed by atoms with Gasteiger partial charge in [-0.05, 0) is 42.3 Å². The molecule has 4 nitrogen and oxygen atoms in total. The number of aromatic nitrogens is 1. The standard InChI is InChI=1S/C17H15F3N2O2/c18-13-9-11(1-2-12(13)16(19)20)17(23)22-14-5-8-24-15(14)10-3-6-21-7-4-10/h1-4,6-7,9,14-16H,5,8H2,(H,22,23)/t14-,15+/m1/s1. The molecular formula is C17H15F3N2O2. The van der Waals surface area contributed by atoms with Crippen LogP contribution in [0.25, 0.3) is 0 Å². The van der Waals surface area contributed by atoms with Gasteiger partial charge in [0.2, 0.25) is 0 Å². The number of alkyl halides is 2. The Bertz CT molecular complexity index is 725. The lowest BCUT2D eigenvalue weighted by atomic mass is 10.0. The summed E-state index contributed by atoms with van der Waals surface area (Å²) in [5.41, 5.74) is 0.162. The number of hydrogen-bond acceptors (Lipinski definition) is 3. The first-order valence-corrected chi connectivity index (χ1v) is 7.46. The molecule has 126 valence electrons. The van der Waals surface area contributed by atoms with Crippen LogP contribution in [0.2, 0.25) is 0 Å². The number of ether oxygens (including phenoxy) is 1. The SMILES string of the molecule is O=C(N[C@@H]1CCO[C@H]1c1ccncc1)c1ccc(C(F)F)c(F)c1. The van der Waals surface area contributed by atoms with E-state index in [1.54, 1.807) is 24.5 Å². The largest absolute Gasteiger partial charge is 0.371 e. The minimum absolute atomic E-state index is 0.00252. The number of nitrogens with zero attached hydrogens (tertiary/aromatic N) is 1. The van der Waals surface area contributed by atoms with E-state index in [2.05, 4.69) is 10.3 Å². The maximum atomic E-state index is 13.6. The average Bonchev–Trinajstić information content (AvgIpc) is 3.03. The maximum Gasteiger partial charge on any atom is 0.266 e. The Labute approximate surface area is 136 Å². The Hall–Kier alpha value is -2.41. The number of rotatable bonds is 4. The molecule has 0 unspecified atom stereocenters. The molecule has 1 aromatic heterocycles. The molecule has 2 atom stereocenters. The third kappa shape index (κ3) is 3.41. The van der Waals surface area contributed by atoms with E-state index in [-0.39, 0.29) is 17.7 Å². The van der Waals surface area contributed by atoms with Crippen LogP contribution >= 0.6 is 0 Å². The lowest BCUT2D eigenvalue weighted by Crippen LogP contribution is -2.36. The molecule has 1 amide bonds. The van der Waals surface area contributed by atoms with Gasteiger partial charge in [-0.25, -0.2) is 13.2 Å². The van der Waals surface area contributed by atoms with Crippen LogP contribution in [0.3, 0.4) is 0 Å². The van der Waals surface area contributed by atoms with Crippen molar-refractivity contribution in [3.63, 3.8) is 0 Å². The molecule has 0 bridgehead atoms. The van der Waals surface area contributed by atoms with Crippen molar-refractivity contribution >= 4 is 5.91 Å². The zero-order valence-corrected chi connectivity index (χ0v) is 12.6. The van der Waals surface area contributed by atoms with E-state index < -0.39 is 23.7 Å². The van der Waals surface area contributed by atoms with Gasteiger partial charge >= 0.3 is 0 Å². The summed E-state index contributed by atoms with van der Waals surface area (Å²) in [4.78, 5) is 16.2. The van der Waals surface area contributed by atoms with E-state index in [1.807, 2.05) is 0 Å². The van der Waals surface area contributed by atoms with E-state index in [9.17, 15) is 18.0 Å². The highest BCUT2D eigenvalue weighted by molar-refractivity contribution is 5.94. The monoisotopic (exact) mass is 336 g/mol. The molecule has 0 aliphatic carbocycles. The van der Waals surface area contributed by atoms with Gasteiger partial charge in [0.25, 0.3) is 12.3 Å². The van der Waals surface area contributed by atoms with Crippen molar-refractivity contribution in [1.82, 2.24) is 10.3 Å². The Balaban J connectivity index is 1.73. The molecule has 2 aromatic rings. The zero-order valence-electron chi connectivity index (χ0n) is 12.6. The summed E-state index contributed by atoms with van der Waals surface area (Å²) in [5.74, 6) is -1.62. The molecule has 24 heavy (non-hydrogen) atoms. The summed E-state index contributed by atoms with van der Waals surface area (Å²) < 4.78 is 44.4. The fraction of sp³-hybridized carbons (Fsp3) is 0.294. The van der Waals surface area contributed by atoms with Gasteiger partial charge < -0.3 is 10.1 Å². The minimum atomic E-state index is -2.92. The van der Waals surface area contributed by atoms with Crippen molar-refractivity contribution in [2.75, 3.05) is 6.61 Å². The van der Waals surface area contributed by atoms with Gasteiger partial charge in [0.05, 0.1) is 11.6 Å². The lowest BCUT2D eigenvalue weighted by molar-refractivity contribution is 0.0820. The predicted octanol–water partition coefficient (Wildman–Crippen LogP) is 3.42. The molecule has 0 spiro atoms. The number of hydrogen-bond donors (Lipinski definition) is 1. The fourth-order valence-electron chi connectivity index (χ4n) is 2.72. The van der Waals surface area contributed by atoms with E-state index in [4.69, 9.17) is 4.74 Å². The predicted molar refractivity (Wildman–Crippen MR) is 80.2 cm³/mol. The summed E-state index contributed by atoms with van der Waals surface area (Å²) in [6.07, 6.45) is 0.641. The first-order chi connectivity index (χ1) is 11.6. The molecular weight excluding hydrogens is 321 g/mol. The number of halogens is 3. The smallest absolute Gasteiger partial charge is 0.266 e. The Kier molecular flexibility index (Phi) is 4.80. The Morgan fingerprint density at radius 2 is 2.00 bits per heavy atom. The van der Waals surface area contributed by atoms with E-state index in [0.717, 1.165) is 17.7 Å². The van der Waals surface area contributed by atoms with Crippen molar-refractivity contribution < 1.29 is 22.7 Å². The van der Waals surface area contributed by atoms with E-state index >= 15 is 0 Å². The quantitative estimate of drug-likeness (QED) is 0.931. The Morgan fingerprint density at radius 3 is 2.67 bits per heavy atom. The highest BCUT2D eigenvalue weighted by Gasteiger charge is 2.31. The molecule has 1 N–H and O–H groups in total. The van der Waals surface area contributed by atoms with Crippen LogP contribution in [-0.2, 0) is 4.74 Å². The van der Waals surface area contributed by atoms with Crippen LogP contribution in [0, 0.1) is 5.82 Å². The molecule has 1 aliphatic rings. The number of pyridine rings is 1. The van der Waals surface area contributed by atoms with Crippen molar-refractivity contribution in [3.05, 3.63) is 65.2 Å². The van der Waals surface area contributed by atoms with Crippen molar-refractivity contribution in [2.24, 2.45) is 0 Å². The summed E-state index contributed by atoms with van der Waals surface area (Å²) in [6, 6.07) is 6.27. The summed E-state index contributed by atoms with van der Waals surface area (Å²) >= 11 is 0. The number of amides is 1. The summed E-state index contributed by atoms with van der Waals surface area (Å²) in [7, 11) is 0. The topological polar surface area (TPSA) is 51.2 Å². The number of carbonyl (C=O) groups is 1. The van der Waals surface area contributed by atoms with Crippen LogP contribution in [0.5, 0.6) is 0 Å². The third-order valence-electron chi connectivity index (χ3n) is 3.94. The van der Waals surface area contributed by atoms with Gasteiger partial charge in [0.15, 0.2) is 0 Å². The van der Waals surface area contributed by atoms with Crippen molar-refractivity contribution in [3.8, 4) is 0 Å². The number of nitrogens with one attached hydrogen (secondary N) is 1. The van der Waals surface area contributed by atoms with Gasteiger partial charge in [-0.1, -0.05) is 0 Å². The van der Waals surface area contributed by atoms with Crippen LogP contribution < -0.4 is 5.32 Å². The van der Waals surface area contributed by atoms with Gasteiger partial charge in [0, 0.05) is 24.6 Å². The van der Waals surface area contributed by atoms with Crippen LogP contribution in [0.15, 0.2) is 42.7 Å². The third-order valence-corrected chi connectivity index (χ3v) is 3.94. The summed E-state index contributed by atoms with van der Waals surface area (Å²) in [6.45, 7) is 0.483. The highest BCUT2D eigenvalue weighted by atomic mass is 19.3. The lowest BCUT2D eigenvalue weighted by Gasteiger charge is -2.20. The highest BCUT2D eigenvalue weighted by Crippen LogP contribution is 2.29. The molecule has 1 saturated heterocycles. The number of benzene rings is 1. The molecule has 2 heterocycles. The van der Waals surface area contributed by atoms with Gasteiger partial charge in [-0.15, -0.1) is 0 Å². The zero-order chi connectivity index (χ0) is 17.1. The van der Waals surface area contributed by atoms with E-state index in [1.165, 1.54) is 6.07 Å². The number of carbonyl (C=O) groups excluding carboxylic acids is 1. The van der Waals surface area contributed by atoms with Crippen LogP contribution in [0.1, 0.15) is 40.4 Å². The second-order valence-electron chi connectivity index (χ2n) is 5.48. The molecule has 1 fully saturated rings. The second kappa shape index (κ2) is 7.00. The first kappa shape index (κ1) is 16.4. The Morgan fingerprint density at radius 1 is 1.25 bits per heavy atom. The molecule has 0 radical (unpaired) electrons. The van der Waals surface area contributed by atoms with Crippen LogP contribution in [-0.4, -0.2) is 23.5 Å². The normalized spacial score (nSPS) is 20.3. The van der Waals surface area contributed by atoms with Crippen molar-refractivity contribution in [1.29, 1.82) is 0 Å². The molecule has 0 saturated carbocycles. The molecule has 1 aliphatic heterocycles. The molecule has 7 heteroatoms. The average molecular weight is 336 g/mol. The summed E-state index contributed by atoms with van der Waals surface area (Å²) in [5, 5.41) is 2.78. The second-order valence-corrected chi connectivity index (χ2v) is 5.48. The fourth-order valence-corrected chi connectivity index (χ4v) is 2.72. The van der Waals surface area contributed by atoms with Crippen molar-refractivity contribution in [2.45, 2.75) is 25.0 Å². The molecule has 1 aromatic carbocycles. The van der Waals surface area contributed by atoms with Gasteiger partial charge in [-0.2, -0.15) is 0 Å². The maximum absolute atomic E-state index is 13.6. The van der Waals surface area contributed by atoms with E-state index in [0.29, 0.717) is 13.0 Å².